The van der Waals surface area contributed by atoms with Crippen molar-refractivity contribution in [3.8, 4) is 11.1 Å². The Morgan fingerprint density at radius 3 is 2.46 bits per heavy atom. The van der Waals surface area contributed by atoms with Gasteiger partial charge in [-0.1, -0.05) is 81.5 Å². The lowest BCUT2D eigenvalue weighted by Crippen LogP contribution is -2.47. The monoisotopic (exact) mass is 533 g/mol. The highest BCUT2D eigenvalue weighted by molar-refractivity contribution is 5.89. The minimum atomic E-state index is -1.09. The number of rotatable bonds is 2. The number of carbonyl (C=O) groups excluding carboxylic acids is 2. The summed E-state index contributed by atoms with van der Waals surface area (Å²) in [6.45, 7) is 6.03. The van der Waals surface area contributed by atoms with E-state index < -0.39 is 34.9 Å². The van der Waals surface area contributed by atoms with Gasteiger partial charge < -0.3 is 19.5 Å². The molecular weight excluding hydrogens is 494 g/mol. The van der Waals surface area contributed by atoms with Crippen LogP contribution in [-0.4, -0.2) is 54.2 Å². The Balaban J connectivity index is 1.77. The van der Waals surface area contributed by atoms with Gasteiger partial charge in [-0.25, -0.2) is 4.79 Å². The molecule has 7 heteroatoms. The maximum Gasteiger partial charge on any atom is 0.326 e. The Kier molecular flexibility index (Phi) is 8.60. The van der Waals surface area contributed by atoms with E-state index in [2.05, 4.69) is 24.3 Å². The average molecular weight is 534 g/mol. The number of carboxylic acid groups (broad SMARTS) is 1. The third-order valence-corrected chi connectivity index (χ3v) is 8.01. The summed E-state index contributed by atoms with van der Waals surface area (Å²) >= 11 is 0. The van der Waals surface area contributed by atoms with Crippen LogP contribution in [0.5, 0.6) is 0 Å². The minimum absolute atomic E-state index is 0.0829. The first-order valence-corrected chi connectivity index (χ1v) is 13.7. The molecule has 3 aliphatic heterocycles. The van der Waals surface area contributed by atoms with Crippen molar-refractivity contribution in [2.75, 3.05) is 20.3 Å². The van der Waals surface area contributed by atoms with Crippen molar-refractivity contribution in [1.82, 2.24) is 4.90 Å². The second-order valence-electron chi connectivity index (χ2n) is 11.6. The van der Waals surface area contributed by atoms with Crippen LogP contribution in [0.1, 0.15) is 64.0 Å². The first kappa shape index (κ1) is 28.6. The van der Waals surface area contributed by atoms with Gasteiger partial charge in [0.05, 0.1) is 25.5 Å². The van der Waals surface area contributed by atoms with Crippen molar-refractivity contribution >= 4 is 23.9 Å². The van der Waals surface area contributed by atoms with Gasteiger partial charge in [-0.3, -0.25) is 9.59 Å². The lowest BCUT2D eigenvalue weighted by Gasteiger charge is -2.34. The van der Waals surface area contributed by atoms with Crippen LogP contribution in [0.2, 0.25) is 0 Å². The molecule has 1 amide bonds. The molecule has 0 spiro atoms. The van der Waals surface area contributed by atoms with Crippen molar-refractivity contribution < 1.29 is 29.0 Å². The van der Waals surface area contributed by atoms with Gasteiger partial charge in [0.2, 0.25) is 5.91 Å². The molecule has 0 unspecified atom stereocenters. The molecule has 1 N–H and O–H groups in total. The molecule has 0 saturated carbocycles. The second kappa shape index (κ2) is 11.7. The van der Waals surface area contributed by atoms with Gasteiger partial charge >= 0.3 is 11.9 Å². The quantitative estimate of drug-likeness (QED) is 0.500. The Labute approximate surface area is 230 Å². The zero-order chi connectivity index (χ0) is 28.2. The fourth-order valence-electron chi connectivity index (χ4n) is 5.61. The maximum absolute atomic E-state index is 13.9. The number of fused-ring (bicyclic) bond motifs is 11. The zero-order valence-corrected chi connectivity index (χ0v) is 23.3. The fourth-order valence-corrected chi connectivity index (χ4v) is 5.61. The topological polar surface area (TPSA) is 93.1 Å². The third-order valence-electron chi connectivity index (χ3n) is 8.01. The average Bonchev–Trinajstić information content (AvgIpc) is 3.32. The summed E-state index contributed by atoms with van der Waals surface area (Å²) in [7, 11) is 1.55. The van der Waals surface area contributed by atoms with E-state index in [1.54, 1.807) is 7.11 Å². The molecule has 3 atom stereocenters. The molecule has 0 radical (unpaired) electrons. The van der Waals surface area contributed by atoms with E-state index in [0.717, 1.165) is 41.5 Å². The Bertz CT molecular complexity index is 1230. The van der Waals surface area contributed by atoms with E-state index in [0.29, 0.717) is 0 Å². The number of allylic oxidation sites excluding steroid dienone is 1. The lowest BCUT2D eigenvalue weighted by atomic mass is 9.77. The standard InChI is InChI=1S/C32H39NO6/c1-31(2,3)26-19-28(34)39-18-10-6-5-7-11-22-12-8-9-13-25(22)23-14-16-24(17-15-23)32(38-4)20-27(30(36)37)33(21-32)29(26)35/h7-9,11-17,26-27H,5-6,10,18-21H2,1-4H3,(H,36,37)/b11-7+/t26-,27+,32+/m1/s1. The molecule has 1 saturated heterocycles. The summed E-state index contributed by atoms with van der Waals surface area (Å²) in [6, 6.07) is 15.1. The van der Waals surface area contributed by atoms with Gasteiger partial charge in [0.1, 0.15) is 11.6 Å². The van der Waals surface area contributed by atoms with E-state index in [9.17, 15) is 19.5 Å². The number of hydrogen-bond acceptors (Lipinski definition) is 5. The first-order valence-electron chi connectivity index (χ1n) is 13.7. The van der Waals surface area contributed by atoms with Crippen LogP contribution in [0.3, 0.4) is 0 Å². The van der Waals surface area contributed by atoms with Gasteiger partial charge in [-0.15, -0.1) is 0 Å². The van der Waals surface area contributed by atoms with Gasteiger partial charge in [0.25, 0.3) is 0 Å². The molecule has 1 fully saturated rings. The second-order valence-corrected chi connectivity index (χ2v) is 11.6. The summed E-state index contributed by atoms with van der Waals surface area (Å²) in [6.07, 6.45) is 6.72. The van der Waals surface area contributed by atoms with Crippen LogP contribution < -0.4 is 0 Å². The van der Waals surface area contributed by atoms with E-state index in [-0.39, 0.29) is 31.9 Å². The van der Waals surface area contributed by atoms with E-state index >= 15 is 0 Å². The summed E-state index contributed by atoms with van der Waals surface area (Å²) in [5.41, 5.74) is 2.48. The van der Waals surface area contributed by atoms with E-state index in [1.807, 2.05) is 57.2 Å². The molecule has 2 aromatic carbocycles. The normalized spacial score (nSPS) is 25.6. The molecule has 0 aliphatic carbocycles. The first-order chi connectivity index (χ1) is 18.6. The van der Waals surface area contributed by atoms with E-state index in [1.165, 1.54) is 4.90 Å². The summed E-state index contributed by atoms with van der Waals surface area (Å²) < 4.78 is 11.5. The van der Waals surface area contributed by atoms with Gasteiger partial charge in [0, 0.05) is 13.5 Å². The maximum atomic E-state index is 13.9. The van der Waals surface area contributed by atoms with Gasteiger partial charge in [-0.05, 0) is 46.9 Å². The smallest absolute Gasteiger partial charge is 0.326 e. The number of aliphatic carboxylic acids is 1. The van der Waals surface area contributed by atoms with Crippen LogP contribution in [0.25, 0.3) is 17.2 Å². The van der Waals surface area contributed by atoms with Crippen LogP contribution in [0.4, 0.5) is 0 Å². The number of ether oxygens (including phenoxy) is 2. The Hall–Kier alpha value is -3.45. The van der Waals surface area contributed by atoms with Crippen LogP contribution in [0, 0.1) is 11.3 Å². The number of benzene rings is 2. The number of methoxy groups -OCH3 is 1. The highest BCUT2D eigenvalue weighted by atomic mass is 16.5. The molecule has 5 rings (SSSR count). The number of nitrogens with zero attached hydrogens (tertiary/aromatic N) is 1. The predicted octanol–water partition coefficient (Wildman–Crippen LogP) is 5.67. The van der Waals surface area contributed by atoms with Crippen molar-refractivity contribution in [1.29, 1.82) is 0 Å². The molecule has 7 nitrogen and oxygen atoms in total. The fraction of sp³-hybridized carbons (Fsp3) is 0.469. The molecule has 4 bridgehead atoms. The molecule has 3 heterocycles. The Morgan fingerprint density at radius 1 is 1.08 bits per heavy atom. The van der Waals surface area contributed by atoms with Crippen molar-refractivity contribution in [2.45, 2.75) is 64.5 Å². The number of carbonyl (C=O) groups is 3. The number of esters is 1. The van der Waals surface area contributed by atoms with Crippen LogP contribution in [-0.2, 0) is 29.5 Å². The van der Waals surface area contributed by atoms with E-state index in [4.69, 9.17) is 9.47 Å². The minimum Gasteiger partial charge on any atom is -0.480 e. The molecule has 39 heavy (non-hydrogen) atoms. The molecule has 0 aromatic heterocycles. The molecule has 208 valence electrons. The highest BCUT2D eigenvalue weighted by Crippen LogP contribution is 2.42. The molecule has 2 aromatic rings. The molecule has 3 aliphatic rings. The van der Waals surface area contributed by atoms with Crippen molar-refractivity contribution in [3.05, 3.63) is 65.7 Å². The summed E-state index contributed by atoms with van der Waals surface area (Å²) in [5, 5.41) is 10.1. The number of hydrogen-bond donors (Lipinski definition) is 1. The highest BCUT2D eigenvalue weighted by Gasteiger charge is 2.52. The lowest BCUT2D eigenvalue weighted by molar-refractivity contribution is -0.155. The summed E-state index contributed by atoms with van der Waals surface area (Å²) in [5.74, 6) is -2.63. The largest absolute Gasteiger partial charge is 0.480 e. The van der Waals surface area contributed by atoms with Crippen molar-refractivity contribution in [2.24, 2.45) is 11.3 Å². The van der Waals surface area contributed by atoms with Crippen LogP contribution >= 0.6 is 0 Å². The number of carboxylic acids is 1. The Morgan fingerprint density at radius 2 is 1.79 bits per heavy atom. The van der Waals surface area contributed by atoms with Crippen LogP contribution in [0.15, 0.2) is 54.6 Å². The third kappa shape index (κ3) is 6.25. The summed E-state index contributed by atoms with van der Waals surface area (Å²) in [4.78, 5) is 40.5. The van der Waals surface area contributed by atoms with Gasteiger partial charge in [0.15, 0.2) is 0 Å². The zero-order valence-electron chi connectivity index (χ0n) is 23.3. The van der Waals surface area contributed by atoms with Crippen molar-refractivity contribution in [3.63, 3.8) is 0 Å². The predicted molar refractivity (Wildman–Crippen MR) is 150 cm³/mol. The van der Waals surface area contributed by atoms with Gasteiger partial charge in [-0.2, -0.15) is 0 Å². The number of amides is 1. The SMILES string of the molecule is CO[C@@]12C[C@@H](C(=O)O)N(C1)C(=O)[C@H](C(C)(C)C)CC(=O)OCCCC/C=C/c1ccccc1-c1ccc2cc1. The molecular formula is C32H39NO6.